The summed E-state index contributed by atoms with van der Waals surface area (Å²) < 4.78 is 34.7. The van der Waals surface area contributed by atoms with E-state index >= 15 is 0 Å². The predicted octanol–water partition coefficient (Wildman–Crippen LogP) is -0.365. The van der Waals surface area contributed by atoms with E-state index in [-0.39, 0.29) is 10.7 Å². The molecule has 2 heterocycles. The summed E-state index contributed by atoms with van der Waals surface area (Å²) in [4.78, 5) is 0.0361. The van der Waals surface area contributed by atoms with Crippen molar-refractivity contribution in [2.45, 2.75) is 4.90 Å². The summed E-state index contributed by atoms with van der Waals surface area (Å²) >= 11 is 1.04. The average Bonchev–Trinajstić information content (AvgIpc) is 2.72. The molecule has 0 radical (unpaired) electrons. The highest BCUT2D eigenvalue weighted by Crippen LogP contribution is 2.33. The molecule has 1 aliphatic rings. The van der Waals surface area contributed by atoms with Crippen molar-refractivity contribution in [1.29, 1.82) is 0 Å². The fourth-order valence-electron chi connectivity index (χ4n) is 1.62. The normalized spacial score (nSPS) is 17.8. The lowest BCUT2D eigenvalue weighted by molar-refractivity contribution is 0.0497. The summed E-state index contributed by atoms with van der Waals surface area (Å²) in [5, 5.41) is 2.33. The Morgan fingerprint density at radius 3 is 2.63 bits per heavy atom. The molecule has 1 aliphatic heterocycles. The quantitative estimate of drug-likeness (QED) is 0.783. The molecule has 0 saturated carbocycles. The molecule has 3 N–H and O–H groups in total. The van der Waals surface area contributed by atoms with E-state index in [2.05, 4.69) is 9.80 Å². The molecule has 19 heavy (non-hydrogen) atoms. The van der Waals surface area contributed by atoms with Gasteiger partial charge >= 0.3 is 0 Å². The Kier molecular flexibility index (Phi) is 4.26. The van der Waals surface area contributed by atoms with Crippen LogP contribution in [0.2, 0.25) is 0 Å². The van der Waals surface area contributed by atoms with Crippen molar-refractivity contribution in [3.63, 3.8) is 0 Å². The van der Waals surface area contributed by atoms with Gasteiger partial charge in [0, 0.05) is 27.2 Å². The molecule has 0 spiro atoms. The number of anilines is 2. The van der Waals surface area contributed by atoms with Crippen molar-refractivity contribution in [2.24, 2.45) is 0 Å². The molecule has 10 heteroatoms. The molecule has 2 rings (SSSR count). The van der Waals surface area contributed by atoms with Gasteiger partial charge in [-0.25, -0.2) is 17.7 Å². The Morgan fingerprint density at radius 1 is 1.42 bits per heavy atom. The monoisotopic (exact) mass is 307 g/mol. The number of aromatic nitrogens is 1. The molecule has 0 amide bonds. The molecule has 1 saturated heterocycles. The number of nitrogens with one attached hydrogen (secondary N) is 1. The maximum Gasteiger partial charge on any atom is 0.249 e. The lowest BCUT2D eigenvalue weighted by atomic mass is 10.5. The molecule has 0 aromatic carbocycles. The first-order chi connectivity index (χ1) is 8.93. The third-order valence-electron chi connectivity index (χ3n) is 2.68. The van der Waals surface area contributed by atoms with Crippen molar-refractivity contribution in [2.75, 3.05) is 51.6 Å². The Morgan fingerprint density at radius 2 is 2.05 bits per heavy atom. The van der Waals surface area contributed by atoms with Crippen LogP contribution >= 0.6 is 11.5 Å². The molecule has 1 aromatic heterocycles. The van der Waals surface area contributed by atoms with Crippen LogP contribution in [0.3, 0.4) is 0 Å². The van der Waals surface area contributed by atoms with Crippen molar-refractivity contribution in [3.8, 4) is 0 Å². The minimum Gasteiger partial charge on any atom is -0.382 e. The summed E-state index contributed by atoms with van der Waals surface area (Å²) in [7, 11) is -0.683. The third kappa shape index (κ3) is 2.98. The third-order valence-corrected chi connectivity index (χ3v) is 5.47. The highest BCUT2D eigenvalue weighted by Gasteiger charge is 2.28. The van der Waals surface area contributed by atoms with Gasteiger partial charge in [0.15, 0.2) is 10.7 Å². The van der Waals surface area contributed by atoms with Crippen LogP contribution in [0.25, 0.3) is 0 Å². The van der Waals surface area contributed by atoms with E-state index in [1.165, 1.54) is 14.1 Å². The number of hydrazine groups is 1. The van der Waals surface area contributed by atoms with Gasteiger partial charge in [-0.3, -0.25) is 0 Å². The average molecular weight is 307 g/mol. The smallest absolute Gasteiger partial charge is 0.249 e. The molecule has 0 aliphatic carbocycles. The van der Waals surface area contributed by atoms with Crippen LogP contribution in [-0.2, 0) is 14.8 Å². The maximum atomic E-state index is 12.2. The summed E-state index contributed by atoms with van der Waals surface area (Å²) in [6.07, 6.45) is 0. The van der Waals surface area contributed by atoms with E-state index in [0.717, 1.165) is 15.8 Å². The van der Waals surface area contributed by atoms with Crippen molar-refractivity contribution in [3.05, 3.63) is 0 Å². The van der Waals surface area contributed by atoms with Gasteiger partial charge in [0.05, 0.1) is 13.2 Å². The van der Waals surface area contributed by atoms with Crippen LogP contribution in [0.1, 0.15) is 0 Å². The zero-order valence-electron chi connectivity index (χ0n) is 10.8. The van der Waals surface area contributed by atoms with E-state index < -0.39 is 10.0 Å². The molecular weight excluding hydrogens is 290 g/mol. The second-order valence-electron chi connectivity index (χ2n) is 4.22. The SMILES string of the molecule is CN(C)S(=O)(=O)c1c(N)nsc1NN1CCOCC1. The van der Waals surface area contributed by atoms with Crippen LogP contribution in [0.15, 0.2) is 4.90 Å². The van der Waals surface area contributed by atoms with E-state index in [4.69, 9.17) is 10.5 Å². The molecule has 8 nitrogen and oxygen atoms in total. The van der Waals surface area contributed by atoms with Gasteiger partial charge in [0.2, 0.25) is 10.0 Å². The van der Waals surface area contributed by atoms with E-state index in [1.807, 2.05) is 5.01 Å². The first-order valence-electron chi connectivity index (χ1n) is 5.70. The second-order valence-corrected chi connectivity index (χ2v) is 7.09. The van der Waals surface area contributed by atoms with E-state index in [1.54, 1.807) is 0 Å². The summed E-state index contributed by atoms with van der Waals surface area (Å²) in [6.45, 7) is 2.58. The van der Waals surface area contributed by atoms with Crippen LogP contribution in [0.4, 0.5) is 10.8 Å². The van der Waals surface area contributed by atoms with Crippen LogP contribution < -0.4 is 11.2 Å². The van der Waals surface area contributed by atoms with Crippen LogP contribution in [0, 0.1) is 0 Å². The highest BCUT2D eigenvalue weighted by atomic mass is 32.2. The number of nitrogen functional groups attached to an aromatic ring is 1. The Bertz CT molecular complexity index is 536. The summed E-state index contributed by atoms with van der Waals surface area (Å²) in [6, 6.07) is 0. The van der Waals surface area contributed by atoms with Crippen LogP contribution in [-0.4, -0.2) is 62.5 Å². The fraction of sp³-hybridized carbons (Fsp3) is 0.667. The van der Waals surface area contributed by atoms with Crippen molar-refractivity contribution >= 4 is 32.4 Å². The number of ether oxygens (including phenoxy) is 1. The molecule has 0 atom stereocenters. The number of hydrogen-bond donors (Lipinski definition) is 2. The van der Waals surface area contributed by atoms with Gasteiger partial charge in [-0.15, -0.1) is 0 Å². The zero-order valence-corrected chi connectivity index (χ0v) is 12.4. The largest absolute Gasteiger partial charge is 0.382 e. The number of nitrogens with two attached hydrogens (primary N) is 1. The van der Waals surface area contributed by atoms with Gasteiger partial charge < -0.3 is 15.9 Å². The molecule has 0 unspecified atom stereocenters. The van der Waals surface area contributed by atoms with Crippen LogP contribution in [0.5, 0.6) is 0 Å². The molecule has 1 fully saturated rings. The molecule has 0 bridgehead atoms. The lowest BCUT2D eigenvalue weighted by Gasteiger charge is -2.27. The number of morpholine rings is 1. The maximum absolute atomic E-state index is 12.2. The zero-order chi connectivity index (χ0) is 14.0. The highest BCUT2D eigenvalue weighted by molar-refractivity contribution is 7.89. The van der Waals surface area contributed by atoms with E-state index in [0.29, 0.717) is 31.3 Å². The topological polar surface area (TPSA) is 101 Å². The molecule has 108 valence electrons. The minimum atomic E-state index is -3.61. The number of hydrogen-bond acceptors (Lipinski definition) is 8. The van der Waals surface area contributed by atoms with Gasteiger partial charge in [0.25, 0.3) is 0 Å². The molecule has 1 aromatic rings. The van der Waals surface area contributed by atoms with Gasteiger partial charge in [-0.1, -0.05) is 0 Å². The van der Waals surface area contributed by atoms with Gasteiger partial charge in [-0.2, -0.15) is 4.37 Å². The number of nitrogens with zero attached hydrogens (tertiary/aromatic N) is 3. The molecular formula is C9H17N5O3S2. The number of sulfonamides is 1. The Labute approximate surface area is 116 Å². The van der Waals surface area contributed by atoms with E-state index in [9.17, 15) is 8.42 Å². The van der Waals surface area contributed by atoms with Crippen molar-refractivity contribution in [1.82, 2.24) is 13.7 Å². The number of rotatable bonds is 4. The minimum absolute atomic E-state index is 0.0226. The van der Waals surface area contributed by atoms with Gasteiger partial charge in [0.1, 0.15) is 5.00 Å². The first-order valence-corrected chi connectivity index (χ1v) is 7.91. The van der Waals surface area contributed by atoms with Crippen molar-refractivity contribution < 1.29 is 13.2 Å². The summed E-state index contributed by atoms with van der Waals surface area (Å²) in [5.74, 6) is 0.0226. The fourth-order valence-corrected chi connectivity index (χ4v) is 3.69. The standard InChI is InChI=1S/C9H17N5O3S2/c1-13(2)19(15,16)7-8(10)12-18-9(7)11-14-3-5-17-6-4-14/h11H,3-6H2,1-2H3,(H2,10,12). The Balaban J connectivity index is 2.27. The summed E-state index contributed by atoms with van der Waals surface area (Å²) in [5.41, 5.74) is 8.74. The Hall–Kier alpha value is -0.940. The lowest BCUT2D eigenvalue weighted by Crippen LogP contribution is -2.40. The second kappa shape index (κ2) is 5.59. The predicted molar refractivity (Wildman–Crippen MR) is 73.4 cm³/mol. The first kappa shape index (κ1) is 14.5. The van der Waals surface area contributed by atoms with Gasteiger partial charge in [-0.05, 0) is 11.5 Å².